The van der Waals surface area contributed by atoms with Gasteiger partial charge in [-0.25, -0.2) is 0 Å². The first kappa shape index (κ1) is 15.3. The molecule has 0 saturated heterocycles. The van der Waals surface area contributed by atoms with Crippen LogP contribution in [0, 0.1) is 0 Å². The van der Waals surface area contributed by atoms with Gasteiger partial charge in [0.25, 0.3) is 0 Å². The Bertz CT molecular complexity index is 387. The van der Waals surface area contributed by atoms with Crippen molar-refractivity contribution in [1.82, 2.24) is 4.90 Å². The maximum absolute atomic E-state index is 11.9. The van der Waals surface area contributed by atoms with E-state index in [1.54, 1.807) is 0 Å². The monoisotopic (exact) mass is 357 g/mol. The average molecular weight is 356 g/mol. The number of nitrogens with zero attached hydrogens (tertiary/aromatic N) is 1. The molecule has 0 spiro atoms. The van der Waals surface area contributed by atoms with Gasteiger partial charge in [-0.1, -0.05) is 0 Å². The second-order valence-electron chi connectivity index (χ2n) is 5.63. The van der Waals surface area contributed by atoms with Crippen molar-refractivity contribution in [3.05, 3.63) is 35.9 Å². The van der Waals surface area contributed by atoms with Gasteiger partial charge in [0.05, 0.1) is 0 Å². The molecule has 3 nitrogen and oxygen atoms in total. The van der Waals surface area contributed by atoms with Gasteiger partial charge >= 0.3 is 114 Å². The van der Waals surface area contributed by atoms with Crippen LogP contribution in [0.5, 0.6) is 0 Å². The Morgan fingerprint density at radius 1 is 1.28 bits per heavy atom. The van der Waals surface area contributed by atoms with Gasteiger partial charge in [-0.15, -0.1) is 0 Å². The van der Waals surface area contributed by atoms with Crippen LogP contribution in [0.25, 0.3) is 0 Å². The van der Waals surface area contributed by atoms with Crippen LogP contribution >= 0.6 is 0 Å². The van der Waals surface area contributed by atoms with Gasteiger partial charge in [0.15, 0.2) is 0 Å². The van der Waals surface area contributed by atoms with Crippen LogP contribution in [-0.2, 0) is 11.3 Å². The summed E-state index contributed by atoms with van der Waals surface area (Å²) in [5, 5.41) is 0. The molecule has 4 heteroatoms. The van der Waals surface area contributed by atoms with Crippen molar-refractivity contribution in [2.24, 2.45) is 0 Å². The Morgan fingerprint density at radius 3 is 2.28 bits per heavy atom. The van der Waals surface area contributed by atoms with Crippen LogP contribution < -0.4 is 0 Å². The van der Waals surface area contributed by atoms with Crippen molar-refractivity contribution in [3.63, 3.8) is 0 Å². The molecule has 1 aromatic rings. The number of carbonyl (C=O) groups excluding carboxylic acids is 1. The van der Waals surface area contributed by atoms with Crippen molar-refractivity contribution in [3.8, 4) is 0 Å². The van der Waals surface area contributed by atoms with Gasteiger partial charge in [-0.05, 0) is 0 Å². The molecule has 1 atom stereocenters. The summed E-state index contributed by atoms with van der Waals surface area (Å²) >= 11 is -2.17. The first-order valence-corrected chi connectivity index (χ1v) is 16.5. The summed E-state index contributed by atoms with van der Waals surface area (Å²) in [6, 6.07) is 10.1. The molecule has 0 fully saturated rings. The van der Waals surface area contributed by atoms with Crippen LogP contribution in [0.1, 0.15) is 12.5 Å². The molecule has 0 aliphatic rings. The number of hydrogen-bond donors (Lipinski definition) is 0. The third kappa shape index (κ3) is 4.19. The Labute approximate surface area is 114 Å². The summed E-state index contributed by atoms with van der Waals surface area (Å²) in [6.45, 7) is 2.78. The number of benzene rings is 1. The van der Waals surface area contributed by atoms with Crippen LogP contribution in [0.15, 0.2) is 30.3 Å². The van der Waals surface area contributed by atoms with Crippen LogP contribution in [0.2, 0.25) is 14.8 Å². The molecule has 100 valence electrons. The van der Waals surface area contributed by atoms with Crippen molar-refractivity contribution >= 4 is 24.5 Å². The van der Waals surface area contributed by atoms with E-state index < -0.39 is 18.4 Å². The molecule has 18 heavy (non-hydrogen) atoms. The van der Waals surface area contributed by atoms with Gasteiger partial charge < -0.3 is 0 Å². The number of methoxy groups -OCH3 is 1. The molecule has 0 aliphatic heterocycles. The first-order valence-electron chi connectivity index (χ1n) is 6.24. The molecule has 0 aliphatic carbocycles. The van der Waals surface area contributed by atoms with Crippen molar-refractivity contribution in [2.75, 3.05) is 7.11 Å². The summed E-state index contributed by atoms with van der Waals surface area (Å²) in [5.74, 6) is 0. The summed E-state index contributed by atoms with van der Waals surface area (Å²) in [7, 11) is 1.45. The van der Waals surface area contributed by atoms with E-state index in [9.17, 15) is 4.79 Å². The minimum absolute atomic E-state index is 0.224. The summed E-state index contributed by atoms with van der Waals surface area (Å²) in [6.07, 6.45) is -0.224. The predicted molar refractivity (Wildman–Crippen MR) is 77.2 cm³/mol. The van der Waals surface area contributed by atoms with Crippen molar-refractivity contribution in [1.29, 1.82) is 0 Å². The van der Waals surface area contributed by atoms with Gasteiger partial charge in [0, 0.05) is 0 Å². The topological polar surface area (TPSA) is 29.5 Å². The first-order chi connectivity index (χ1) is 8.36. The molecule has 1 rings (SSSR count). The van der Waals surface area contributed by atoms with E-state index in [0.717, 1.165) is 5.56 Å². The number of amides is 1. The predicted octanol–water partition coefficient (Wildman–Crippen LogP) is 3.52. The normalized spacial score (nSPS) is 12.9. The molecule has 0 N–H and O–H groups in total. The van der Waals surface area contributed by atoms with Gasteiger partial charge in [0.1, 0.15) is 0 Å². The summed E-state index contributed by atoms with van der Waals surface area (Å²) in [5.41, 5.74) is 1.14. The fourth-order valence-corrected chi connectivity index (χ4v) is 4.95. The molecule has 1 aromatic carbocycles. The number of rotatable bonds is 4. The number of ether oxygens (including phenoxy) is 1. The van der Waals surface area contributed by atoms with Crippen LogP contribution in [0.4, 0.5) is 4.79 Å². The third-order valence-corrected chi connectivity index (χ3v) is 11.4. The fraction of sp³-hybridized carbons (Fsp3) is 0.500. The van der Waals surface area contributed by atoms with Gasteiger partial charge in [-0.3, -0.25) is 0 Å². The van der Waals surface area contributed by atoms with E-state index >= 15 is 0 Å². The average Bonchev–Trinajstić information content (AvgIpc) is 2.34. The Morgan fingerprint density at radius 2 is 1.83 bits per heavy atom. The molecular weight excluding hydrogens is 333 g/mol. The molecular formula is C14H23NO2Sn. The zero-order chi connectivity index (χ0) is 13.8. The van der Waals surface area contributed by atoms with Crippen LogP contribution in [0.3, 0.4) is 0 Å². The summed E-state index contributed by atoms with van der Waals surface area (Å²) in [4.78, 5) is 20.8. The van der Waals surface area contributed by atoms with E-state index in [0.29, 0.717) is 10.6 Å². The van der Waals surface area contributed by atoms with E-state index in [1.165, 1.54) is 7.11 Å². The molecule has 1 unspecified atom stereocenters. The molecule has 0 aromatic heterocycles. The van der Waals surface area contributed by atoms with Crippen molar-refractivity contribution in [2.45, 2.75) is 32.3 Å². The SMILES string of the molecule is COC(=O)N(Cc1ccccc1)[CH](C)[Sn]([CH3])([CH3])[CH3]. The number of hydrogen-bond acceptors (Lipinski definition) is 2. The second kappa shape index (κ2) is 6.45. The Balaban J connectivity index is 2.90. The van der Waals surface area contributed by atoms with Gasteiger partial charge in [0.2, 0.25) is 0 Å². The molecule has 1 amide bonds. The van der Waals surface area contributed by atoms with Crippen LogP contribution in [-0.4, -0.2) is 40.5 Å². The fourth-order valence-electron chi connectivity index (χ4n) is 1.72. The van der Waals surface area contributed by atoms with E-state index in [2.05, 4.69) is 21.7 Å². The van der Waals surface area contributed by atoms with E-state index in [4.69, 9.17) is 4.74 Å². The van der Waals surface area contributed by atoms with Gasteiger partial charge in [-0.2, -0.15) is 0 Å². The Kier molecular flexibility index (Phi) is 5.50. The standard InChI is InChI=1S/C11H14NO2.3CH3.Sn/c1-3-12(11(13)14-2)9-10-7-5-4-6-8-10;;;;/h3-8H,9H2,1-2H3;3*1H3;. The van der Waals surface area contributed by atoms with E-state index in [1.807, 2.05) is 35.2 Å². The molecule has 0 bridgehead atoms. The van der Waals surface area contributed by atoms with E-state index in [-0.39, 0.29) is 6.09 Å². The number of carbonyl (C=O) groups is 1. The maximum atomic E-state index is 11.9. The third-order valence-electron chi connectivity index (χ3n) is 3.33. The minimum atomic E-state index is -2.17. The Hall–Kier alpha value is -0.711. The zero-order valence-electron chi connectivity index (χ0n) is 11.9. The van der Waals surface area contributed by atoms with Crippen molar-refractivity contribution < 1.29 is 9.53 Å². The quantitative estimate of drug-likeness (QED) is 0.773. The zero-order valence-corrected chi connectivity index (χ0v) is 14.8. The molecule has 0 radical (unpaired) electrons. The molecule has 0 saturated carbocycles. The second-order valence-corrected chi connectivity index (χ2v) is 21.5. The summed E-state index contributed by atoms with van der Waals surface area (Å²) < 4.78 is 5.23. The molecule has 0 heterocycles.